The van der Waals surface area contributed by atoms with Crippen LogP contribution in [0, 0.1) is 0 Å². The standard InChI is InChI=1S/C71H131NO18/c1-3-5-7-9-11-13-15-17-19-21-22-23-24-25-26-27-28-29-30-31-32-33-35-37-39-41-43-45-47-49-59(77)72-54(55(76)48-46-44-42-40-38-36-34-20-18-16-14-12-10-8-6-4-2)53-85-69-65(83)62(80)67(57(51-74)87-69)90-71-66(84)63(81)68(58(52-75)88-71)89-70-64(82)61(79)60(78)56(50-73)86-70/h15,17,21-22,46,48,54-58,60-71,73-76,78-84H,3-14,16,18-20,23-45,47,49-53H2,1-2H3,(H,72,77)/b17-15-,22-21-,48-46+. The van der Waals surface area contributed by atoms with Crippen molar-refractivity contribution in [3.05, 3.63) is 36.5 Å². The van der Waals surface area contributed by atoms with Gasteiger partial charge >= 0.3 is 0 Å². The maximum Gasteiger partial charge on any atom is 0.220 e. The van der Waals surface area contributed by atoms with Crippen LogP contribution in [0.4, 0.5) is 0 Å². The van der Waals surface area contributed by atoms with Crippen LogP contribution in [0.1, 0.15) is 277 Å². The lowest BCUT2D eigenvalue weighted by Crippen LogP contribution is -2.66. The Hall–Kier alpha value is -1.99. The first-order chi connectivity index (χ1) is 43.8. The van der Waals surface area contributed by atoms with Crippen LogP contribution in [-0.2, 0) is 33.2 Å². The summed E-state index contributed by atoms with van der Waals surface area (Å²) in [7, 11) is 0. The molecule has 0 aromatic carbocycles. The van der Waals surface area contributed by atoms with Gasteiger partial charge in [0.15, 0.2) is 18.9 Å². The van der Waals surface area contributed by atoms with Gasteiger partial charge in [-0.05, 0) is 51.4 Å². The van der Waals surface area contributed by atoms with E-state index in [0.29, 0.717) is 6.42 Å². The monoisotopic (exact) mass is 1290 g/mol. The van der Waals surface area contributed by atoms with Crippen molar-refractivity contribution in [1.29, 1.82) is 0 Å². The Morgan fingerprint density at radius 3 is 1.13 bits per heavy atom. The zero-order valence-corrected chi connectivity index (χ0v) is 55.9. The molecule has 19 nitrogen and oxygen atoms in total. The fraction of sp³-hybridized carbons (Fsp3) is 0.901. The predicted molar refractivity (Wildman–Crippen MR) is 351 cm³/mol. The molecule has 0 bridgehead atoms. The summed E-state index contributed by atoms with van der Waals surface area (Å²) in [5, 5.41) is 121. The zero-order valence-electron chi connectivity index (χ0n) is 55.9. The van der Waals surface area contributed by atoms with Gasteiger partial charge in [-0.1, -0.05) is 256 Å². The molecule has 17 atom stereocenters. The van der Waals surface area contributed by atoms with Crippen LogP contribution < -0.4 is 5.32 Å². The second-order valence-corrected chi connectivity index (χ2v) is 26.1. The number of ether oxygens (including phenoxy) is 6. The van der Waals surface area contributed by atoms with Gasteiger partial charge in [-0.2, -0.15) is 0 Å². The molecule has 0 aromatic rings. The Bertz CT molecular complexity index is 1780. The SMILES string of the molecule is CCCCCCC/C=C\C/C=C\CCCCCCCCCCCCCCCCCCCC(=O)NC(COC1OC(CO)C(OC2OC(CO)C(OC3OC(CO)C(O)C(O)C3O)C(O)C2O)C(O)C1O)C(O)/C=C/CCCCCCCCCCCCCCCC. The molecule has 0 saturated carbocycles. The molecule has 3 rings (SSSR count). The quantitative estimate of drug-likeness (QED) is 0.0199. The van der Waals surface area contributed by atoms with Crippen LogP contribution in [0.25, 0.3) is 0 Å². The zero-order chi connectivity index (χ0) is 65.4. The van der Waals surface area contributed by atoms with E-state index in [0.717, 1.165) is 51.4 Å². The molecule has 0 aliphatic carbocycles. The highest BCUT2D eigenvalue weighted by molar-refractivity contribution is 5.76. The minimum absolute atomic E-state index is 0.246. The van der Waals surface area contributed by atoms with Crippen molar-refractivity contribution in [3.8, 4) is 0 Å². The summed E-state index contributed by atoms with van der Waals surface area (Å²) >= 11 is 0. The van der Waals surface area contributed by atoms with E-state index in [1.165, 1.54) is 199 Å². The molecule has 0 aromatic heterocycles. The number of unbranched alkanes of at least 4 members (excludes halogenated alkanes) is 36. The van der Waals surface area contributed by atoms with Crippen LogP contribution >= 0.6 is 0 Å². The van der Waals surface area contributed by atoms with Crippen LogP contribution in [0.2, 0.25) is 0 Å². The second-order valence-electron chi connectivity index (χ2n) is 26.1. The molecule has 0 spiro atoms. The van der Waals surface area contributed by atoms with Crippen molar-refractivity contribution < 1.29 is 89.4 Å². The molecule has 17 unspecified atom stereocenters. The number of allylic oxidation sites excluding steroid dienone is 5. The maximum absolute atomic E-state index is 13.4. The van der Waals surface area contributed by atoms with Gasteiger partial charge in [0.05, 0.1) is 38.6 Å². The van der Waals surface area contributed by atoms with E-state index in [4.69, 9.17) is 28.4 Å². The van der Waals surface area contributed by atoms with Crippen molar-refractivity contribution in [2.24, 2.45) is 0 Å². The Labute approximate surface area is 542 Å². The summed E-state index contributed by atoms with van der Waals surface area (Å²) < 4.78 is 34.4. The number of hydrogen-bond donors (Lipinski definition) is 12. The van der Waals surface area contributed by atoms with Gasteiger partial charge in [0, 0.05) is 6.42 Å². The number of amides is 1. The van der Waals surface area contributed by atoms with E-state index in [-0.39, 0.29) is 18.9 Å². The normalized spacial score (nSPS) is 28.2. The molecule has 0 radical (unpaired) electrons. The first-order valence-corrected chi connectivity index (χ1v) is 36.2. The van der Waals surface area contributed by atoms with E-state index < -0.39 is 124 Å². The maximum atomic E-state index is 13.4. The molecule has 3 heterocycles. The molecular formula is C71H131NO18. The Morgan fingerprint density at radius 1 is 0.400 bits per heavy atom. The first-order valence-electron chi connectivity index (χ1n) is 36.2. The summed E-state index contributed by atoms with van der Waals surface area (Å²) in [6.07, 6.45) is 35.5. The van der Waals surface area contributed by atoms with E-state index in [1.54, 1.807) is 6.08 Å². The summed E-state index contributed by atoms with van der Waals surface area (Å²) in [4.78, 5) is 13.4. The lowest BCUT2D eigenvalue weighted by molar-refractivity contribution is -0.379. The third-order valence-corrected chi connectivity index (χ3v) is 18.2. The van der Waals surface area contributed by atoms with Gasteiger partial charge in [-0.25, -0.2) is 0 Å². The van der Waals surface area contributed by atoms with Crippen LogP contribution in [0.15, 0.2) is 36.5 Å². The number of hydrogen-bond acceptors (Lipinski definition) is 18. The fourth-order valence-electron chi connectivity index (χ4n) is 12.3. The topological polar surface area (TPSA) is 307 Å². The van der Waals surface area contributed by atoms with Crippen molar-refractivity contribution in [1.82, 2.24) is 5.32 Å². The molecule has 1 amide bonds. The van der Waals surface area contributed by atoms with Crippen molar-refractivity contribution in [2.75, 3.05) is 26.4 Å². The Kier molecular flexibility index (Phi) is 48.6. The second kappa shape index (κ2) is 53.2. The minimum atomic E-state index is -1.98. The van der Waals surface area contributed by atoms with Crippen molar-refractivity contribution in [2.45, 2.75) is 381 Å². The molecule has 528 valence electrons. The average Bonchev–Trinajstić information content (AvgIpc) is 1.05. The molecule has 3 fully saturated rings. The fourth-order valence-corrected chi connectivity index (χ4v) is 12.3. The molecule has 12 N–H and O–H groups in total. The van der Waals surface area contributed by atoms with Gasteiger partial charge in [-0.3, -0.25) is 4.79 Å². The number of aliphatic hydroxyl groups is 11. The predicted octanol–water partition coefficient (Wildman–Crippen LogP) is 10.00. The van der Waals surface area contributed by atoms with Gasteiger partial charge in [-0.15, -0.1) is 0 Å². The molecule has 3 saturated heterocycles. The Morgan fingerprint density at radius 2 is 0.733 bits per heavy atom. The highest BCUT2D eigenvalue weighted by Gasteiger charge is 2.53. The molecular weight excluding hydrogens is 1150 g/mol. The minimum Gasteiger partial charge on any atom is -0.394 e. The number of carbonyl (C=O) groups is 1. The first kappa shape index (κ1) is 82.2. The lowest BCUT2D eigenvalue weighted by atomic mass is 9.96. The van der Waals surface area contributed by atoms with Gasteiger partial charge in [0.25, 0.3) is 0 Å². The van der Waals surface area contributed by atoms with Crippen LogP contribution in [-0.4, -0.2) is 193 Å². The van der Waals surface area contributed by atoms with Crippen LogP contribution in [0.5, 0.6) is 0 Å². The highest BCUT2D eigenvalue weighted by Crippen LogP contribution is 2.33. The lowest BCUT2D eigenvalue weighted by Gasteiger charge is -2.48. The summed E-state index contributed by atoms with van der Waals surface area (Å²) in [5.41, 5.74) is 0. The number of nitrogens with one attached hydrogen (secondary N) is 1. The highest BCUT2D eigenvalue weighted by atomic mass is 16.8. The van der Waals surface area contributed by atoms with Gasteiger partial charge < -0.3 is 89.9 Å². The molecule has 19 heteroatoms. The molecule has 3 aliphatic heterocycles. The van der Waals surface area contributed by atoms with E-state index >= 15 is 0 Å². The average molecular weight is 1290 g/mol. The van der Waals surface area contributed by atoms with E-state index in [2.05, 4.69) is 43.5 Å². The van der Waals surface area contributed by atoms with E-state index in [9.17, 15) is 61.0 Å². The van der Waals surface area contributed by atoms with Gasteiger partial charge in [0.2, 0.25) is 5.91 Å². The molecule has 3 aliphatic rings. The number of aliphatic hydroxyl groups excluding tert-OH is 11. The summed E-state index contributed by atoms with van der Waals surface area (Å²) in [5.74, 6) is -0.272. The number of carbonyl (C=O) groups excluding carboxylic acids is 1. The Balaban J connectivity index is 1.39. The van der Waals surface area contributed by atoms with Crippen LogP contribution in [0.3, 0.4) is 0 Å². The molecule has 90 heavy (non-hydrogen) atoms. The third kappa shape index (κ3) is 34.6. The third-order valence-electron chi connectivity index (χ3n) is 18.2. The summed E-state index contributed by atoms with van der Waals surface area (Å²) in [6, 6.07) is -0.972. The smallest absolute Gasteiger partial charge is 0.220 e. The van der Waals surface area contributed by atoms with Gasteiger partial charge in [0.1, 0.15) is 73.2 Å². The number of rotatable bonds is 56. The van der Waals surface area contributed by atoms with Crippen molar-refractivity contribution in [3.63, 3.8) is 0 Å². The van der Waals surface area contributed by atoms with E-state index in [1.807, 2.05) is 6.08 Å². The largest absolute Gasteiger partial charge is 0.394 e. The van der Waals surface area contributed by atoms with Crippen molar-refractivity contribution >= 4 is 5.91 Å². The summed E-state index contributed by atoms with van der Waals surface area (Å²) in [6.45, 7) is 1.75.